The van der Waals surface area contributed by atoms with Gasteiger partial charge in [-0.2, -0.15) is 0 Å². The third kappa shape index (κ3) is 3.69. The fraction of sp³-hybridized carbons (Fsp3) is 0.818. The van der Waals surface area contributed by atoms with Crippen molar-refractivity contribution in [1.29, 1.82) is 0 Å². The van der Waals surface area contributed by atoms with E-state index in [1.54, 1.807) is 11.3 Å². The Hall–Kier alpha value is -0.720. The van der Waals surface area contributed by atoms with Crippen LogP contribution in [0.15, 0.2) is 0 Å². The summed E-state index contributed by atoms with van der Waals surface area (Å²) in [6, 6.07) is 0. The van der Waals surface area contributed by atoms with Gasteiger partial charge in [0, 0.05) is 27.8 Å². The Bertz CT molecular complexity index is 563. The molecule has 0 aliphatic rings. The highest BCUT2D eigenvalue weighted by Crippen LogP contribution is 2.46. The van der Waals surface area contributed by atoms with E-state index in [0.717, 1.165) is 6.42 Å². The van der Waals surface area contributed by atoms with Gasteiger partial charge in [-0.1, -0.05) is 62.3 Å². The predicted molar refractivity (Wildman–Crippen MR) is 105 cm³/mol. The maximum absolute atomic E-state index is 2.67. The van der Waals surface area contributed by atoms with Gasteiger partial charge in [-0.05, 0) is 50.7 Å². The lowest BCUT2D eigenvalue weighted by Gasteiger charge is -2.38. The Morgan fingerprint density at radius 2 is 1.13 bits per heavy atom. The molecule has 1 heteroatoms. The minimum absolute atomic E-state index is 0.0820. The van der Waals surface area contributed by atoms with Gasteiger partial charge in [0.1, 0.15) is 0 Å². The first-order chi connectivity index (χ1) is 9.96. The van der Waals surface area contributed by atoms with Crippen molar-refractivity contribution in [3.8, 4) is 0 Å². The molecule has 0 radical (unpaired) electrons. The molecule has 0 aromatic carbocycles. The largest absolute Gasteiger partial charge is 0.342 e. The lowest BCUT2D eigenvalue weighted by atomic mass is 9.75. The van der Waals surface area contributed by atoms with E-state index in [2.05, 4.69) is 94.6 Å². The molecule has 134 valence electrons. The first-order valence-corrected chi connectivity index (χ1v) is 9.23. The standard InChI is InChI=1S/C22H41N/c1-14-22(12,13)18-16(19(3,4)5)15(2)17(20(6,7)8)23(18)21(9,10)11/h14H2,1-13H3. The maximum Gasteiger partial charge on any atom is 0.0361 e. The summed E-state index contributed by atoms with van der Waals surface area (Å²) in [6.45, 7) is 30.7. The van der Waals surface area contributed by atoms with Crippen molar-refractivity contribution in [2.24, 2.45) is 0 Å². The van der Waals surface area contributed by atoms with Crippen molar-refractivity contribution in [2.45, 2.75) is 118 Å². The van der Waals surface area contributed by atoms with Crippen LogP contribution in [0.4, 0.5) is 0 Å². The summed E-state index contributed by atoms with van der Waals surface area (Å²) in [5, 5.41) is 0. The van der Waals surface area contributed by atoms with E-state index < -0.39 is 0 Å². The Morgan fingerprint density at radius 3 is 1.39 bits per heavy atom. The van der Waals surface area contributed by atoms with E-state index in [1.807, 2.05) is 0 Å². The third-order valence-electron chi connectivity index (χ3n) is 5.07. The van der Waals surface area contributed by atoms with Crippen LogP contribution in [-0.2, 0) is 21.8 Å². The third-order valence-corrected chi connectivity index (χ3v) is 5.07. The van der Waals surface area contributed by atoms with Crippen LogP contribution in [0.2, 0.25) is 0 Å². The van der Waals surface area contributed by atoms with Gasteiger partial charge < -0.3 is 4.57 Å². The highest BCUT2D eigenvalue weighted by molar-refractivity contribution is 5.48. The number of hydrogen-bond donors (Lipinski definition) is 0. The van der Waals surface area contributed by atoms with Gasteiger partial charge >= 0.3 is 0 Å². The Labute approximate surface area is 145 Å². The quantitative estimate of drug-likeness (QED) is 0.562. The van der Waals surface area contributed by atoms with Crippen LogP contribution in [-0.4, -0.2) is 4.57 Å². The molecule has 0 N–H and O–H groups in total. The molecule has 0 saturated heterocycles. The van der Waals surface area contributed by atoms with E-state index in [-0.39, 0.29) is 21.8 Å². The van der Waals surface area contributed by atoms with Gasteiger partial charge in [-0.15, -0.1) is 0 Å². The minimum atomic E-state index is 0.0820. The van der Waals surface area contributed by atoms with Gasteiger partial charge in [0.25, 0.3) is 0 Å². The molecular formula is C22H41N. The summed E-state index contributed by atoms with van der Waals surface area (Å²) in [5.74, 6) is 0. The minimum Gasteiger partial charge on any atom is -0.342 e. The number of aromatic nitrogens is 1. The van der Waals surface area contributed by atoms with Gasteiger partial charge in [0.05, 0.1) is 0 Å². The SMILES string of the molecule is CCC(C)(C)c1c(C(C)(C)C)c(C)c(C(C)(C)C)n1C(C)(C)C. The first-order valence-electron chi connectivity index (χ1n) is 9.23. The Morgan fingerprint density at radius 1 is 0.696 bits per heavy atom. The molecule has 0 atom stereocenters. The van der Waals surface area contributed by atoms with Crippen molar-refractivity contribution >= 4 is 0 Å². The van der Waals surface area contributed by atoms with E-state index in [0.29, 0.717) is 0 Å². The van der Waals surface area contributed by atoms with Gasteiger partial charge in [-0.3, -0.25) is 0 Å². The van der Waals surface area contributed by atoms with E-state index >= 15 is 0 Å². The van der Waals surface area contributed by atoms with Crippen molar-refractivity contribution in [1.82, 2.24) is 4.57 Å². The lowest BCUT2D eigenvalue weighted by molar-refractivity contribution is 0.317. The molecule has 0 aliphatic carbocycles. The van der Waals surface area contributed by atoms with Gasteiger partial charge in [0.15, 0.2) is 0 Å². The second-order valence-corrected chi connectivity index (χ2v) is 10.9. The fourth-order valence-corrected chi connectivity index (χ4v) is 3.98. The fourth-order valence-electron chi connectivity index (χ4n) is 3.98. The highest BCUT2D eigenvalue weighted by Gasteiger charge is 2.40. The topological polar surface area (TPSA) is 4.93 Å². The molecule has 1 aromatic heterocycles. The monoisotopic (exact) mass is 319 g/mol. The molecular weight excluding hydrogens is 278 g/mol. The summed E-state index contributed by atoms with van der Waals surface area (Å²) in [6.07, 6.45) is 1.15. The molecule has 23 heavy (non-hydrogen) atoms. The van der Waals surface area contributed by atoms with Crippen LogP contribution in [0.3, 0.4) is 0 Å². The van der Waals surface area contributed by atoms with E-state index in [1.165, 1.54) is 11.3 Å². The van der Waals surface area contributed by atoms with Crippen LogP contribution < -0.4 is 0 Å². The molecule has 1 rings (SSSR count). The molecule has 1 heterocycles. The van der Waals surface area contributed by atoms with Crippen molar-refractivity contribution < 1.29 is 0 Å². The molecule has 0 fully saturated rings. The van der Waals surface area contributed by atoms with Crippen LogP contribution in [0.1, 0.15) is 112 Å². The second-order valence-electron chi connectivity index (χ2n) is 10.9. The molecule has 1 nitrogen and oxygen atoms in total. The summed E-state index contributed by atoms with van der Waals surface area (Å²) < 4.78 is 2.67. The number of nitrogens with zero attached hydrogens (tertiary/aromatic N) is 1. The van der Waals surface area contributed by atoms with Crippen LogP contribution >= 0.6 is 0 Å². The first kappa shape index (κ1) is 20.3. The summed E-state index contributed by atoms with van der Waals surface area (Å²) in [5.41, 5.74) is 6.65. The zero-order chi connectivity index (χ0) is 18.6. The van der Waals surface area contributed by atoms with E-state index in [9.17, 15) is 0 Å². The Kier molecular flexibility index (Phi) is 5.01. The van der Waals surface area contributed by atoms with Crippen LogP contribution in [0, 0.1) is 6.92 Å². The molecule has 0 bridgehead atoms. The number of rotatable bonds is 2. The molecule has 0 amide bonds. The van der Waals surface area contributed by atoms with Crippen LogP contribution in [0.25, 0.3) is 0 Å². The van der Waals surface area contributed by atoms with Gasteiger partial charge in [-0.25, -0.2) is 0 Å². The molecule has 0 aliphatic heterocycles. The average Bonchev–Trinajstić information content (AvgIpc) is 2.62. The van der Waals surface area contributed by atoms with Crippen molar-refractivity contribution in [2.75, 3.05) is 0 Å². The van der Waals surface area contributed by atoms with Crippen LogP contribution in [0.5, 0.6) is 0 Å². The molecule has 0 unspecified atom stereocenters. The summed E-state index contributed by atoms with van der Waals surface area (Å²) in [7, 11) is 0. The normalized spacial score (nSPS) is 14.5. The van der Waals surface area contributed by atoms with Crippen molar-refractivity contribution in [3.05, 3.63) is 22.5 Å². The zero-order valence-corrected chi connectivity index (χ0v) is 18.2. The predicted octanol–water partition coefficient (Wildman–Crippen LogP) is 6.83. The van der Waals surface area contributed by atoms with Gasteiger partial charge in [0.2, 0.25) is 0 Å². The lowest BCUT2D eigenvalue weighted by Crippen LogP contribution is -2.35. The van der Waals surface area contributed by atoms with E-state index in [4.69, 9.17) is 0 Å². The Balaban J connectivity index is 4.14. The molecule has 0 spiro atoms. The zero-order valence-electron chi connectivity index (χ0n) is 18.2. The molecule has 1 aromatic rings. The average molecular weight is 320 g/mol. The number of hydrogen-bond acceptors (Lipinski definition) is 0. The summed E-state index contributed by atoms with van der Waals surface area (Å²) in [4.78, 5) is 0. The molecule has 0 saturated carbocycles. The second kappa shape index (κ2) is 5.67. The highest BCUT2D eigenvalue weighted by atomic mass is 15.1. The summed E-state index contributed by atoms with van der Waals surface area (Å²) >= 11 is 0. The smallest absolute Gasteiger partial charge is 0.0361 e. The maximum atomic E-state index is 2.67. The van der Waals surface area contributed by atoms with Crippen molar-refractivity contribution in [3.63, 3.8) is 0 Å².